The standard InChI is InChI=1S/C12H17BrN2O2S/c1-18(16,17)15-4-2-3-10(9-15)5-11-6-12(13)8-14-7-11/h6-8,10H,2-5,9H2,1H3/t10-/m0/s1. The number of hydrogen-bond acceptors (Lipinski definition) is 3. The second-order valence-corrected chi connectivity index (χ2v) is 7.74. The van der Waals surface area contributed by atoms with Crippen molar-refractivity contribution in [3.8, 4) is 0 Å². The van der Waals surface area contributed by atoms with E-state index in [1.165, 1.54) is 6.26 Å². The van der Waals surface area contributed by atoms with E-state index in [2.05, 4.69) is 20.9 Å². The number of sulfonamides is 1. The van der Waals surface area contributed by atoms with Gasteiger partial charge >= 0.3 is 0 Å². The van der Waals surface area contributed by atoms with Gasteiger partial charge in [0.1, 0.15) is 0 Å². The minimum Gasteiger partial charge on any atom is -0.263 e. The molecule has 6 heteroatoms. The summed E-state index contributed by atoms with van der Waals surface area (Å²) in [6, 6.07) is 2.05. The molecule has 0 saturated carbocycles. The SMILES string of the molecule is CS(=O)(=O)N1CCC[C@@H](Cc2cncc(Br)c2)C1. The Hall–Kier alpha value is -0.460. The molecular formula is C12H17BrN2O2S. The molecule has 1 saturated heterocycles. The second-order valence-electron chi connectivity index (χ2n) is 4.84. The van der Waals surface area contributed by atoms with Crippen LogP contribution in [0, 0.1) is 5.92 Å². The first-order valence-electron chi connectivity index (χ1n) is 5.99. The Bertz CT molecular complexity index is 519. The van der Waals surface area contributed by atoms with Gasteiger partial charge in [0, 0.05) is 30.0 Å². The van der Waals surface area contributed by atoms with E-state index >= 15 is 0 Å². The summed E-state index contributed by atoms with van der Waals surface area (Å²) in [5.41, 5.74) is 1.16. The fraction of sp³-hybridized carbons (Fsp3) is 0.583. The molecule has 4 nitrogen and oxygen atoms in total. The van der Waals surface area contributed by atoms with Gasteiger partial charge in [-0.15, -0.1) is 0 Å². The van der Waals surface area contributed by atoms with E-state index in [0.29, 0.717) is 19.0 Å². The zero-order valence-corrected chi connectivity index (χ0v) is 12.7. The third-order valence-electron chi connectivity index (χ3n) is 3.24. The zero-order chi connectivity index (χ0) is 13.2. The first-order valence-corrected chi connectivity index (χ1v) is 8.64. The summed E-state index contributed by atoms with van der Waals surface area (Å²) in [4.78, 5) is 4.14. The van der Waals surface area contributed by atoms with Crippen molar-refractivity contribution in [1.29, 1.82) is 0 Å². The molecule has 1 aromatic heterocycles. The maximum Gasteiger partial charge on any atom is 0.211 e. The molecule has 18 heavy (non-hydrogen) atoms. The zero-order valence-electron chi connectivity index (χ0n) is 10.3. The van der Waals surface area contributed by atoms with Gasteiger partial charge in [-0.1, -0.05) is 0 Å². The van der Waals surface area contributed by atoms with E-state index in [4.69, 9.17) is 0 Å². The number of halogens is 1. The Kier molecular flexibility index (Phi) is 4.40. The molecule has 0 unspecified atom stereocenters. The number of hydrogen-bond donors (Lipinski definition) is 0. The molecule has 1 atom stereocenters. The monoisotopic (exact) mass is 332 g/mol. The molecule has 1 aliphatic heterocycles. The average molecular weight is 333 g/mol. The Labute approximate surface area is 117 Å². The summed E-state index contributed by atoms with van der Waals surface area (Å²) in [5.74, 6) is 0.393. The van der Waals surface area contributed by atoms with Crippen LogP contribution in [-0.4, -0.2) is 37.1 Å². The molecule has 100 valence electrons. The fourth-order valence-electron chi connectivity index (χ4n) is 2.40. The van der Waals surface area contributed by atoms with Gasteiger partial charge in [0.15, 0.2) is 0 Å². The summed E-state index contributed by atoms with van der Waals surface area (Å²) in [7, 11) is -3.05. The van der Waals surface area contributed by atoms with Crippen LogP contribution in [0.2, 0.25) is 0 Å². The molecule has 0 radical (unpaired) electrons. The van der Waals surface area contributed by atoms with E-state index in [1.54, 1.807) is 10.5 Å². The number of piperidine rings is 1. The van der Waals surface area contributed by atoms with Crippen LogP contribution in [0.3, 0.4) is 0 Å². The highest BCUT2D eigenvalue weighted by atomic mass is 79.9. The van der Waals surface area contributed by atoms with Crippen molar-refractivity contribution in [1.82, 2.24) is 9.29 Å². The summed E-state index contributed by atoms with van der Waals surface area (Å²) >= 11 is 3.40. The van der Waals surface area contributed by atoms with E-state index in [1.807, 2.05) is 12.3 Å². The van der Waals surface area contributed by atoms with Gasteiger partial charge < -0.3 is 0 Å². The van der Waals surface area contributed by atoms with Gasteiger partial charge in [0.2, 0.25) is 10.0 Å². The van der Waals surface area contributed by atoms with Gasteiger partial charge in [0.25, 0.3) is 0 Å². The highest BCUT2D eigenvalue weighted by Crippen LogP contribution is 2.23. The molecule has 0 aromatic carbocycles. The molecule has 1 fully saturated rings. The lowest BCUT2D eigenvalue weighted by molar-refractivity contribution is 0.266. The average Bonchev–Trinajstić information content (AvgIpc) is 2.28. The Morgan fingerprint density at radius 2 is 2.28 bits per heavy atom. The van der Waals surface area contributed by atoms with Gasteiger partial charge in [-0.3, -0.25) is 4.98 Å². The lowest BCUT2D eigenvalue weighted by atomic mass is 9.93. The highest BCUT2D eigenvalue weighted by molar-refractivity contribution is 9.10. The smallest absolute Gasteiger partial charge is 0.211 e. The summed E-state index contributed by atoms with van der Waals surface area (Å²) in [5, 5.41) is 0. The lowest BCUT2D eigenvalue weighted by Gasteiger charge is -2.30. The van der Waals surface area contributed by atoms with Crippen LogP contribution in [0.1, 0.15) is 18.4 Å². The number of rotatable bonds is 3. The van der Waals surface area contributed by atoms with Crippen LogP contribution in [0.15, 0.2) is 22.9 Å². The molecule has 2 rings (SSSR count). The normalized spacial score (nSPS) is 22.0. The van der Waals surface area contributed by atoms with Crippen LogP contribution in [0.25, 0.3) is 0 Å². The van der Waals surface area contributed by atoms with Crippen molar-refractivity contribution in [3.05, 3.63) is 28.5 Å². The van der Waals surface area contributed by atoms with Gasteiger partial charge in [-0.25, -0.2) is 12.7 Å². The number of pyridine rings is 1. The van der Waals surface area contributed by atoms with Crippen molar-refractivity contribution in [3.63, 3.8) is 0 Å². The largest absolute Gasteiger partial charge is 0.263 e. The van der Waals surface area contributed by atoms with Crippen LogP contribution < -0.4 is 0 Å². The van der Waals surface area contributed by atoms with Crippen molar-refractivity contribution < 1.29 is 8.42 Å². The first kappa shape index (κ1) is 14.0. The molecule has 1 aromatic rings. The predicted octanol–water partition coefficient (Wildman–Crippen LogP) is 2.06. The molecule has 0 bridgehead atoms. The van der Waals surface area contributed by atoms with Crippen molar-refractivity contribution in [2.24, 2.45) is 5.92 Å². The lowest BCUT2D eigenvalue weighted by Crippen LogP contribution is -2.39. The summed E-state index contributed by atoms with van der Waals surface area (Å²) < 4.78 is 25.6. The summed E-state index contributed by atoms with van der Waals surface area (Å²) in [6.45, 7) is 1.29. The van der Waals surface area contributed by atoms with Crippen LogP contribution >= 0.6 is 15.9 Å². The van der Waals surface area contributed by atoms with Gasteiger partial charge in [-0.2, -0.15) is 0 Å². The number of aromatic nitrogens is 1. The molecular weight excluding hydrogens is 316 g/mol. The van der Waals surface area contributed by atoms with Gasteiger partial charge in [0.05, 0.1) is 6.26 Å². The maximum atomic E-state index is 11.5. The molecule has 2 heterocycles. The molecule has 0 spiro atoms. The van der Waals surface area contributed by atoms with E-state index in [0.717, 1.165) is 29.3 Å². The minimum absolute atomic E-state index is 0.393. The van der Waals surface area contributed by atoms with E-state index in [9.17, 15) is 8.42 Å². The van der Waals surface area contributed by atoms with Crippen molar-refractivity contribution in [2.45, 2.75) is 19.3 Å². The molecule has 0 aliphatic carbocycles. The van der Waals surface area contributed by atoms with E-state index in [-0.39, 0.29) is 0 Å². The third-order valence-corrected chi connectivity index (χ3v) is 4.94. The predicted molar refractivity (Wildman–Crippen MR) is 74.8 cm³/mol. The molecule has 0 N–H and O–H groups in total. The van der Waals surface area contributed by atoms with Crippen LogP contribution in [-0.2, 0) is 16.4 Å². The molecule has 0 amide bonds. The molecule has 1 aliphatic rings. The number of nitrogens with zero attached hydrogens (tertiary/aromatic N) is 2. The minimum atomic E-state index is -3.05. The summed E-state index contributed by atoms with van der Waals surface area (Å²) in [6.07, 6.45) is 7.81. The second kappa shape index (κ2) is 5.67. The highest BCUT2D eigenvalue weighted by Gasteiger charge is 2.25. The Balaban J connectivity index is 2.02. The van der Waals surface area contributed by atoms with Crippen LogP contribution in [0.5, 0.6) is 0 Å². The van der Waals surface area contributed by atoms with Crippen molar-refractivity contribution in [2.75, 3.05) is 19.3 Å². The first-order chi connectivity index (χ1) is 8.45. The quantitative estimate of drug-likeness (QED) is 0.851. The van der Waals surface area contributed by atoms with E-state index < -0.39 is 10.0 Å². The van der Waals surface area contributed by atoms with Crippen molar-refractivity contribution >= 4 is 26.0 Å². The maximum absolute atomic E-state index is 11.5. The Morgan fingerprint density at radius 3 is 2.94 bits per heavy atom. The Morgan fingerprint density at radius 1 is 1.50 bits per heavy atom. The fourth-order valence-corrected chi connectivity index (χ4v) is 3.75. The topological polar surface area (TPSA) is 50.3 Å². The van der Waals surface area contributed by atoms with Crippen LogP contribution in [0.4, 0.5) is 0 Å². The van der Waals surface area contributed by atoms with Gasteiger partial charge in [-0.05, 0) is 52.7 Å². The third kappa shape index (κ3) is 3.76.